The molecule has 0 spiro atoms. The van der Waals surface area contributed by atoms with Gasteiger partial charge in [-0.05, 0) is 35.1 Å². The van der Waals surface area contributed by atoms with Crippen molar-refractivity contribution in [3.63, 3.8) is 0 Å². The van der Waals surface area contributed by atoms with Crippen LogP contribution in [-0.2, 0) is 29.0 Å². The van der Waals surface area contributed by atoms with E-state index in [1.54, 1.807) is 4.90 Å². The Kier molecular flexibility index (Phi) is 5.71. The Morgan fingerprint density at radius 2 is 1.73 bits per heavy atom. The Hall–Kier alpha value is -2.62. The van der Waals surface area contributed by atoms with Gasteiger partial charge in [0.2, 0.25) is 11.8 Å². The van der Waals surface area contributed by atoms with Crippen LogP contribution in [0.2, 0.25) is 0 Å². The lowest BCUT2D eigenvalue weighted by molar-refractivity contribution is -0.141. The molecule has 3 rings (SSSR count). The van der Waals surface area contributed by atoms with Crippen LogP contribution < -0.4 is 5.32 Å². The zero-order valence-corrected chi connectivity index (χ0v) is 15.5. The zero-order chi connectivity index (χ0) is 18.5. The van der Waals surface area contributed by atoms with E-state index in [1.165, 1.54) is 5.56 Å². The quantitative estimate of drug-likeness (QED) is 0.898. The molecule has 26 heavy (non-hydrogen) atoms. The number of carbonyl (C=O) groups excluding carboxylic acids is 2. The van der Waals surface area contributed by atoms with Crippen molar-refractivity contribution in [2.75, 3.05) is 6.54 Å². The second-order valence-electron chi connectivity index (χ2n) is 6.68. The van der Waals surface area contributed by atoms with Gasteiger partial charge in [0.25, 0.3) is 0 Å². The average Bonchev–Trinajstić information content (AvgIpc) is 2.70. The molecule has 1 aliphatic heterocycles. The highest BCUT2D eigenvalue weighted by Gasteiger charge is 2.34. The minimum absolute atomic E-state index is 0.0203. The molecule has 2 amide bonds. The number of aryl methyl sites for hydroxylation is 1. The fraction of sp³-hybridized carbons (Fsp3) is 0.364. The van der Waals surface area contributed by atoms with Crippen molar-refractivity contribution in [2.24, 2.45) is 0 Å². The zero-order valence-electron chi connectivity index (χ0n) is 15.5. The van der Waals surface area contributed by atoms with Gasteiger partial charge in [-0.15, -0.1) is 0 Å². The van der Waals surface area contributed by atoms with Gasteiger partial charge in [-0.25, -0.2) is 0 Å². The van der Waals surface area contributed by atoms with Crippen LogP contribution in [-0.4, -0.2) is 23.3 Å². The van der Waals surface area contributed by atoms with Crippen LogP contribution in [0.5, 0.6) is 0 Å². The van der Waals surface area contributed by atoms with Crippen LogP contribution in [0, 0.1) is 0 Å². The van der Waals surface area contributed by atoms with Gasteiger partial charge in [0.15, 0.2) is 0 Å². The summed E-state index contributed by atoms with van der Waals surface area (Å²) in [6.07, 6.45) is 2.20. The molecule has 0 fully saturated rings. The summed E-state index contributed by atoms with van der Waals surface area (Å²) < 4.78 is 0. The number of rotatable bonds is 5. The van der Waals surface area contributed by atoms with Crippen molar-refractivity contribution in [2.45, 2.75) is 45.7 Å². The van der Waals surface area contributed by atoms with Gasteiger partial charge in [0.05, 0.1) is 0 Å². The van der Waals surface area contributed by atoms with E-state index < -0.39 is 6.04 Å². The van der Waals surface area contributed by atoms with Gasteiger partial charge in [-0.2, -0.15) is 0 Å². The predicted octanol–water partition coefficient (Wildman–Crippen LogP) is 3.40. The van der Waals surface area contributed by atoms with Gasteiger partial charge >= 0.3 is 0 Å². The lowest BCUT2D eigenvalue weighted by Gasteiger charge is -2.36. The summed E-state index contributed by atoms with van der Waals surface area (Å²) in [4.78, 5) is 27.1. The Bertz CT molecular complexity index is 783. The smallest absolute Gasteiger partial charge is 0.247 e. The summed E-state index contributed by atoms with van der Waals surface area (Å²) in [6.45, 7) is 5.02. The fourth-order valence-electron chi connectivity index (χ4n) is 3.50. The van der Waals surface area contributed by atoms with Crippen LogP contribution in [0.1, 0.15) is 48.6 Å². The van der Waals surface area contributed by atoms with Crippen LogP contribution in [0.15, 0.2) is 48.5 Å². The third-order valence-corrected chi connectivity index (χ3v) is 5.05. The maximum Gasteiger partial charge on any atom is 0.247 e. The van der Waals surface area contributed by atoms with Crippen molar-refractivity contribution >= 4 is 11.8 Å². The summed E-state index contributed by atoms with van der Waals surface area (Å²) >= 11 is 0. The molecule has 0 saturated heterocycles. The molecule has 1 heterocycles. The Morgan fingerprint density at radius 1 is 1.04 bits per heavy atom. The lowest BCUT2D eigenvalue weighted by Crippen LogP contribution is -2.46. The molecular formula is C22H26N2O2. The van der Waals surface area contributed by atoms with E-state index in [4.69, 9.17) is 0 Å². The molecule has 2 aromatic carbocycles. The summed E-state index contributed by atoms with van der Waals surface area (Å²) in [5.41, 5.74) is 4.44. The molecule has 1 aliphatic rings. The highest BCUT2D eigenvalue weighted by molar-refractivity contribution is 5.89. The largest absolute Gasteiger partial charge is 0.350 e. The molecule has 0 radical (unpaired) electrons. The van der Waals surface area contributed by atoms with Gasteiger partial charge < -0.3 is 10.2 Å². The fourth-order valence-corrected chi connectivity index (χ4v) is 3.50. The second kappa shape index (κ2) is 8.17. The number of hydrogen-bond donors (Lipinski definition) is 1. The average molecular weight is 350 g/mol. The minimum atomic E-state index is -0.540. The molecule has 2 aromatic rings. The van der Waals surface area contributed by atoms with E-state index >= 15 is 0 Å². The maximum atomic E-state index is 13.0. The van der Waals surface area contributed by atoms with E-state index in [1.807, 2.05) is 43.3 Å². The maximum absolute atomic E-state index is 13.0. The van der Waals surface area contributed by atoms with Gasteiger partial charge in [-0.3, -0.25) is 9.59 Å². The minimum Gasteiger partial charge on any atom is -0.350 e. The topological polar surface area (TPSA) is 49.4 Å². The molecule has 1 atom stereocenters. The van der Waals surface area contributed by atoms with Crippen LogP contribution in [0.4, 0.5) is 0 Å². The molecule has 136 valence electrons. The SMILES string of the molecule is CCC(=O)N1CCc2ccccc2C1C(=O)NCc1ccc(CC)cc1. The highest BCUT2D eigenvalue weighted by Crippen LogP contribution is 2.30. The first kappa shape index (κ1) is 18.2. The molecule has 0 aliphatic carbocycles. The van der Waals surface area contributed by atoms with Crippen molar-refractivity contribution in [3.05, 3.63) is 70.8 Å². The molecule has 4 nitrogen and oxygen atoms in total. The van der Waals surface area contributed by atoms with Gasteiger partial charge in [0.1, 0.15) is 6.04 Å². The normalized spacial score (nSPS) is 16.1. The van der Waals surface area contributed by atoms with Crippen LogP contribution in [0.3, 0.4) is 0 Å². The van der Waals surface area contributed by atoms with E-state index in [2.05, 4.69) is 24.4 Å². The first-order chi connectivity index (χ1) is 12.6. The Labute approximate surface area is 155 Å². The van der Waals surface area contributed by atoms with Gasteiger partial charge in [0, 0.05) is 19.5 Å². The van der Waals surface area contributed by atoms with Crippen molar-refractivity contribution in [3.8, 4) is 0 Å². The number of benzene rings is 2. The summed E-state index contributed by atoms with van der Waals surface area (Å²) in [5, 5.41) is 3.02. The summed E-state index contributed by atoms with van der Waals surface area (Å²) in [7, 11) is 0. The third kappa shape index (κ3) is 3.79. The van der Waals surface area contributed by atoms with Crippen LogP contribution in [0.25, 0.3) is 0 Å². The predicted molar refractivity (Wildman–Crippen MR) is 103 cm³/mol. The number of carbonyl (C=O) groups is 2. The van der Waals surface area contributed by atoms with Crippen molar-refractivity contribution in [1.29, 1.82) is 0 Å². The molecule has 0 aromatic heterocycles. The lowest BCUT2D eigenvalue weighted by atomic mass is 9.91. The first-order valence-electron chi connectivity index (χ1n) is 9.36. The van der Waals surface area contributed by atoms with Crippen molar-refractivity contribution < 1.29 is 9.59 Å². The van der Waals surface area contributed by atoms with E-state index in [9.17, 15) is 9.59 Å². The highest BCUT2D eigenvalue weighted by atomic mass is 16.2. The number of nitrogens with one attached hydrogen (secondary N) is 1. The Morgan fingerprint density at radius 3 is 2.42 bits per heavy atom. The summed E-state index contributed by atoms with van der Waals surface area (Å²) in [5.74, 6) is -0.0922. The van der Waals surface area contributed by atoms with E-state index in [-0.39, 0.29) is 11.8 Å². The molecule has 1 unspecified atom stereocenters. The third-order valence-electron chi connectivity index (χ3n) is 5.05. The summed E-state index contributed by atoms with van der Waals surface area (Å²) in [6, 6.07) is 15.7. The molecular weight excluding hydrogens is 324 g/mol. The van der Waals surface area contributed by atoms with Crippen molar-refractivity contribution in [1.82, 2.24) is 10.2 Å². The molecule has 1 N–H and O–H groups in total. The van der Waals surface area contributed by atoms with E-state index in [0.717, 1.165) is 29.5 Å². The van der Waals surface area contributed by atoms with Crippen LogP contribution >= 0.6 is 0 Å². The molecule has 0 saturated carbocycles. The number of amides is 2. The Balaban J connectivity index is 1.78. The second-order valence-corrected chi connectivity index (χ2v) is 6.68. The monoisotopic (exact) mass is 350 g/mol. The van der Waals surface area contributed by atoms with E-state index in [0.29, 0.717) is 19.5 Å². The molecule has 0 bridgehead atoms. The number of fused-ring (bicyclic) bond motifs is 1. The standard InChI is InChI=1S/C22H26N2O2/c1-3-16-9-11-17(12-10-16)15-23-22(26)21-19-8-6-5-7-18(19)13-14-24(21)20(25)4-2/h5-12,21H,3-4,13-15H2,1-2H3,(H,23,26). The first-order valence-corrected chi connectivity index (χ1v) is 9.36. The number of nitrogens with zero attached hydrogens (tertiary/aromatic N) is 1. The molecule has 4 heteroatoms. The van der Waals surface area contributed by atoms with Gasteiger partial charge in [-0.1, -0.05) is 62.4 Å². The number of hydrogen-bond acceptors (Lipinski definition) is 2.